The lowest BCUT2D eigenvalue weighted by molar-refractivity contribution is -0.682. The van der Waals surface area contributed by atoms with Gasteiger partial charge in [0.05, 0.1) is 6.54 Å². The largest absolute Gasteiger partial charge is 0.352 e. The fraction of sp³-hybridized carbons (Fsp3) is 0.467. The Balaban J connectivity index is 2.33. The topological polar surface area (TPSA) is 74.8 Å². The Bertz CT molecular complexity index is 492. The van der Waals surface area contributed by atoms with Crippen molar-refractivity contribution in [3.05, 3.63) is 34.9 Å². The third-order valence-electron chi connectivity index (χ3n) is 2.95. The van der Waals surface area contributed by atoms with Gasteiger partial charge in [0.2, 0.25) is 5.91 Å². The van der Waals surface area contributed by atoms with E-state index in [1.807, 2.05) is 50.4 Å². The van der Waals surface area contributed by atoms with E-state index in [9.17, 15) is 9.59 Å². The van der Waals surface area contributed by atoms with Gasteiger partial charge >= 0.3 is 0 Å². The van der Waals surface area contributed by atoms with Gasteiger partial charge < -0.3 is 16.0 Å². The van der Waals surface area contributed by atoms with Crippen molar-refractivity contribution in [3.63, 3.8) is 0 Å². The lowest BCUT2D eigenvalue weighted by Gasteiger charge is -2.13. The summed E-state index contributed by atoms with van der Waals surface area (Å²) in [6.07, 6.45) is 0. The fourth-order valence-electron chi connectivity index (χ4n) is 1.88. The molecule has 2 amide bonds. The molecule has 0 radical (unpaired) electrons. The normalized spacial score (nSPS) is 12.0. The van der Waals surface area contributed by atoms with Gasteiger partial charge in [-0.2, -0.15) is 0 Å². The van der Waals surface area contributed by atoms with Gasteiger partial charge in [0.25, 0.3) is 5.91 Å². The highest BCUT2D eigenvalue weighted by Crippen LogP contribution is 2.19. The molecule has 0 spiro atoms. The number of hydrogen-bond acceptors (Lipinski definition) is 2. The van der Waals surface area contributed by atoms with Crippen LogP contribution in [0.3, 0.4) is 0 Å². The van der Waals surface area contributed by atoms with Gasteiger partial charge in [-0.25, -0.2) is 0 Å². The molecule has 21 heavy (non-hydrogen) atoms. The summed E-state index contributed by atoms with van der Waals surface area (Å²) >= 11 is 6.11. The summed E-state index contributed by atoms with van der Waals surface area (Å²) in [6, 6.07) is 7.71. The van der Waals surface area contributed by atoms with Crippen LogP contribution in [0.2, 0.25) is 5.02 Å². The van der Waals surface area contributed by atoms with E-state index in [-0.39, 0.29) is 37.0 Å². The number of carbonyl (C=O) groups is 2. The zero-order valence-electron chi connectivity index (χ0n) is 12.7. The summed E-state index contributed by atoms with van der Waals surface area (Å²) in [5.41, 5.74) is 0.990. The minimum absolute atomic E-state index is 0.00529. The van der Waals surface area contributed by atoms with Crippen LogP contribution in [0, 0.1) is 0 Å². The van der Waals surface area contributed by atoms with Crippen LogP contribution in [0.5, 0.6) is 0 Å². The van der Waals surface area contributed by atoms with E-state index in [4.69, 9.17) is 11.6 Å². The fourth-order valence-corrected chi connectivity index (χ4v) is 2.19. The van der Waals surface area contributed by atoms with Crippen molar-refractivity contribution in [2.45, 2.75) is 32.9 Å². The molecule has 5 nitrogen and oxygen atoms in total. The molecule has 0 aliphatic carbocycles. The molecule has 116 valence electrons. The second-order valence-electron chi connectivity index (χ2n) is 5.25. The maximum absolute atomic E-state index is 11.7. The highest BCUT2D eigenvalue weighted by atomic mass is 35.5. The molecular weight excluding hydrogens is 290 g/mol. The Morgan fingerprint density at radius 1 is 1.19 bits per heavy atom. The molecule has 0 saturated carbocycles. The first-order valence-electron chi connectivity index (χ1n) is 7.04. The van der Waals surface area contributed by atoms with Crippen molar-refractivity contribution in [2.24, 2.45) is 0 Å². The first-order chi connectivity index (χ1) is 9.90. The van der Waals surface area contributed by atoms with Crippen LogP contribution in [0.4, 0.5) is 0 Å². The number of rotatable bonds is 7. The molecule has 1 aromatic rings. The van der Waals surface area contributed by atoms with Crippen molar-refractivity contribution < 1.29 is 14.9 Å². The summed E-state index contributed by atoms with van der Waals surface area (Å²) in [5, 5.41) is 7.89. The Morgan fingerprint density at radius 2 is 1.86 bits per heavy atom. The number of amides is 2. The zero-order chi connectivity index (χ0) is 15.8. The van der Waals surface area contributed by atoms with E-state index in [2.05, 4.69) is 10.6 Å². The summed E-state index contributed by atoms with van der Waals surface area (Å²) in [4.78, 5) is 23.1. The zero-order valence-corrected chi connectivity index (χ0v) is 13.4. The van der Waals surface area contributed by atoms with Crippen molar-refractivity contribution in [2.75, 3.05) is 13.1 Å². The average Bonchev–Trinajstić information content (AvgIpc) is 2.42. The number of hydrogen-bond donors (Lipinski definition) is 3. The SMILES string of the molecule is CC(C)NC(=O)CNC(=O)C[NH2+][C@@H](C)c1ccccc1Cl. The van der Waals surface area contributed by atoms with Gasteiger partial charge in [-0.05, 0) is 26.8 Å². The number of carbonyl (C=O) groups excluding carboxylic acids is 2. The third kappa shape index (κ3) is 6.60. The predicted octanol–water partition coefficient (Wildman–Crippen LogP) is 0.605. The Kier molecular flexibility index (Phi) is 7.19. The van der Waals surface area contributed by atoms with E-state index in [0.29, 0.717) is 5.02 Å². The molecule has 0 aromatic heterocycles. The van der Waals surface area contributed by atoms with Crippen LogP contribution < -0.4 is 16.0 Å². The molecule has 0 unspecified atom stereocenters. The lowest BCUT2D eigenvalue weighted by atomic mass is 10.1. The summed E-state index contributed by atoms with van der Waals surface area (Å²) < 4.78 is 0. The quantitative estimate of drug-likeness (QED) is 0.690. The maximum atomic E-state index is 11.7. The highest BCUT2D eigenvalue weighted by molar-refractivity contribution is 6.31. The smallest absolute Gasteiger partial charge is 0.275 e. The minimum Gasteiger partial charge on any atom is -0.352 e. The number of halogens is 1. The first kappa shape index (κ1) is 17.5. The molecule has 6 heteroatoms. The van der Waals surface area contributed by atoms with Crippen molar-refractivity contribution in [1.82, 2.24) is 10.6 Å². The van der Waals surface area contributed by atoms with Crippen LogP contribution >= 0.6 is 11.6 Å². The third-order valence-corrected chi connectivity index (χ3v) is 3.29. The molecule has 0 aliphatic rings. The molecule has 1 atom stereocenters. The van der Waals surface area contributed by atoms with Gasteiger partial charge in [0, 0.05) is 16.6 Å². The number of nitrogens with one attached hydrogen (secondary N) is 2. The van der Waals surface area contributed by atoms with Gasteiger partial charge in [0.15, 0.2) is 6.54 Å². The summed E-state index contributed by atoms with van der Waals surface area (Å²) in [5.74, 6) is -0.356. The Morgan fingerprint density at radius 3 is 2.48 bits per heavy atom. The second-order valence-corrected chi connectivity index (χ2v) is 5.66. The first-order valence-corrected chi connectivity index (χ1v) is 7.41. The van der Waals surface area contributed by atoms with E-state index in [1.54, 1.807) is 0 Å². The van der Waals surface area contributed by atoms with Crippen LogP contribution in [-0.2, 0) is 9.59 Å². The molecule has 0 aliphatic heterocycles. The minimum atomic E-state index is -0.183. The maximum Gasteiger partial charge on any atom is 0.275 e. The number of nitrogens with two attached hydrogens (primary N) is 1. The highest BCUT2D eigenvalue weighted by Gasteiger charge is 2.14. The van der Waals surface area contributed by atoms with Gasteiger partial charge in [0.1, 0.15) is 6.04 Å². The molecule has 4 N–H and O–H groups in total. The predicted molar refractivity (Wildman–Crippen MR) is 82.9 cm³/mol. The van der Waals surface area contributed by atoms with Crippen LogP contribution in [0.15, 0.2) is 24.3 Å². The number of benzene rings is 1. The standard InChI is InChI=1S/C15H22ClN3O2/c1-10(2)19-15(21)9-18-14(20)8-17-11(3)12-6-4-5-7-13(12)16/h4-7,10-11,17H,8-9H2,1-3H3,(H,18,20)(H,19,21)/p+1/t11-/m0/s1. The molecule has 1 rings (SSSR count). The van der Waals surface area contributed by atoms with Gasteiger partial charge in [-0.3, -0.25) is 9.59 Å². The molecule has 0 saturated heterocycles. The summed E-state index contributed by atoms with van der Waals surface area (Å²) in [6.45, 7) is 5.99. The monoisotopic (exact) mass is 312 g/mol. The second kappa shape index (κ2) is 8.64. The summed E-state index contributed by atoms with van der Waals surface area (Å²) in [7, 11) is 0. The van der Waals surface area contributed by atoms with Crippen LogP contribution in [-0.4, -0.2) is 30.9 Å². The number of quaternary nitrogens is 1. The van der Waals surface area contributed by atoms with Crippen molar-refractivity contribution in [3.8, 4) is 0 Å². The molecule has 0 bridgehead atoms. The van der Waals surface area contributed by atoms with Crippen molar-refractivity contribution >= 4 is 23.4 Å². The van der Waals surface area contributed by atoms with Crippen LogP contribution in [0.25, 0.3) is 0 Å². The van der Waals surface area contributed by atoms with Gasteiger partial charge in [-0.15, -0.1) is 0 Å². The van der Waals surface area contributed by atoms with E-state index in [0.717, 1.165) is 5.56 Å². The van der Waals surface area contributed by atoms with Crippen molar-refractivity contribution in [1.29, 1.82) is 0 Å². The molecule has 0 heterocycles. The van der Waals surface area contributed by atoms with Crippen LogP contribution in [0.1, 0.15) is 32.4 Å². The Hall–Kier alpha value is -1.59. The Labute approximate surface area is 130 Å². The van der Waals surface area contributed by atoms with Gasteiger partial charge in [-0.1, -0.05) is 29.8 Å². The van der Waals surface area contributed by atoms with E-state index < -0.39 is 0 Å². The van der Waals surface area contributed by atoms with E-state index >= 15 is 0 Å². The van der Waals surface area contributed by atoms with E-state index in [1.165, 1.54) is 0 Å². The average molecular weight is 313 g/mol. The molecule has 0 fully saturated rings. The lowest BCUT2D eigenvalue weighted by Crippen LogP contribution is -2.87. The molecule has 1 aromatic carbocycles. The molecular formula is C15H23ClN3O2+.